The van der Waals surface area contributed by atoms with Crippen molar-refractivity contribution >= 4 is 17.5 Å². The van der Waals surface area contributed by atoms with E-state index < -0.39 is 0 Å². The molecule has 1 saturated heterocycles. The van der Waals surface area contributed by atoms with Crippen LogP contribution >= 0.6 is 0 Å². The Morgan fingerprint density at radius 3 is 2.48 bits per heavy atom. The van der Waals surface area contributed by atoms with Gasteiger partial charge in [-0.25, -0.2) is 0 Å². The van der Waals surface area contributed by atoms with Gasteiger partial charge in [-0.15, -0.1) is 0 Å². The van der Waals surface area contributed by atoms with Crippen molar-refractivity contribution in [2.24, 2.45) is 0 Å². The van der Waals surface area contributed by atoms with Gasteiger partial charge in [-0.3, -0.25) is 9.59 Å². The number of hydrogen-bond acceptors (Lipinski definition) is 2. The molecule has 0 bridgehead atoms. The van der Waals surface area contributed by atoms with Crippen molar-refractivity contribution in [1.82, 2.24) is 4.90 Å². The van der Waals surface area contributed by atoms with E-state index in [1.807, 2.05) is 60.4 Å². The Hall–Kier alpha value is -3.40. The van der Waals surface area contributed by atoms with Crippen LogP contribution in [0.5, 0.6) is 0 Å². The summed E-state index contributed by atoms with van der Waals surface area (Å²) in [5.74, 6) is 0.107. The van der Waals surface area contributed by atoms with Gasteiger partial charge in [0.1, 0.15) is 0 Å². The number of carbonyl (C=O) groups excluding carboxylic acids is 2. The molecule has 1 atom stereocenters. The van der Waals surface area contributed by atoms with Crippen LogP contribution in [-0.4, -0.2) is 29.8 Å². The molecular weight excluding hydrogens is 360 g/mol. The van der Waals surface area contributed by atoms with Crippen LogP contribution in [0.25, 0.3) is 0 Å². The molecular formula is C25H24N2O2. The van der Waals surface area contributed by atoms with E-state index in [0.29, 0.717) is 29.3 Å². The van der Waals surface area contributed by atoms with Crippen molar-refractivity contribution < 1.29 is 9.59 Å². The Kier molecular flexibility index (Phi) is 5.43. The number of anilines is 1. The number of nitrogens with one attached hydrogen (secondary N) is 1. The van der Waals surface area contributed by atoms with Crippen LogP contribution in [0.1, 0.15) is 44.2 Å². The lowest BCUT2D eigenvalue weighted by Crippen LogP contribution is -2.29. The molecule has 1 N–H and O–H groups in total. The average molecular weight is 384 g/mol. The molecule has 1 aliphatic rings. The van der Waals surface area contributed by atoms with Crippen molar-refractivity contribution in [2.75, 3.05) is 18.4 Å². The normalized spacial score (nSPS) is 15.9. The first-order chi connectivity index (χ1) is 14.1. The molecule has 29 heavy (non-hydrogen) atoms. The lowest BCUT2D eigenvalue weighted by molar-refractivity contribution is 0.0792. The molecule has 0 aliphatic carbocycles. The Bertz CT molecular complexity index is 1030. The van der Waals surface area contributed by atoms with Gasteiger partial charge in [0.25, 0.3) is 11.8 Å². The van der Waals surface area contributed by atoms with Gasteiger partial charge in [0.15, 0.2) is 0 Å². The first-order valence-corrected chi connectivity index (χ1v) is 9.93. The van der Waals surface area contributed by atoms with Gasteiger partial charge < -0.3 is 10.2 Å². The van der Waals surface area contributed by atoms with Gasteiger partial charge in [0.2, 0.25) is 0 Å². The lowest BCUT2D eigenvalue weighted by atomic mass is 9.99. The van der Waals surface area contributed by atoms with Crippen LogP contribution in [0.4, 0.5) is 5.69 Å². The maximum atomic E-state index is 13.2. The summed E-state index contributed by atoms with van der Waals surface area (Å²) in [6.45, 7) is 3.37. The molecule has 4 rings (SSSR count). The molecule has 1 heterocycles. The smallest absolute Gasteiger partial charge is 0.255 e. The zero-order valence-corrected chi connectivity index (χ0v) is 16.5. The molecule has 0 aromatic heterocycles. The van der Waals surface area contributed by atoms with E-state index in [1.165, 1.54) is 5.56 Å². The predicted octanol–water partition coefficient (Wildman–Crippen LogP) is 4.88. The molecule has 0 saturated carbocycles. The Morgan fingerprint density at radius 2 is 1.69 bits per heavy atom. The molecule has 1 fully saturated rings. The van der Waals surface area contributed by atoms with Crippen molar-refractivity contribution in [3.8, 4) is 0 Å². The highest BCUT2D eigenvalue weighted by atomic mass is 16.2. The van der Waals surface area contributed by atoms with Gasteiger partial charge in [-0.2, -0.15) is 0 Å². The monoisotopic (exact) mass is 384 g/mol. The van der Waals surface area contributed by atoms with Crippen LogP contribution < -0.4 is 5.32 Å². The first-order valence-electron chi connectivity index (χ1n) is 9.93. The first kappa shape index (κ1) is 18.9. The summed E-state index contributed by atoms with van der Waals surface area (Å²) in [5.41, 5.74) is 3.95. The maximum absolute atomic E-state index is 13.2. The minimum atomic E-state index is -0.211. The minimum Gasteiger partial charge on any atom is -0.338 e. The summed E-state index contributed by atoms with van der Waals surface area (Å²) in [4.78, 5) is 27.7. The zero-order chi connectivity index (χ0) is 20.2. The van der Waals surface area contributed by atoms with E-state index in [0.717, 1.165) is 18.5 Å². The number of aryl methyl sites for hydroxylation is 1. The summed E-state index contributed by atoms with van der Waals surface area (Å²) in [6.07, 6.45) is 0.952. The fraction of sp³-hybridized carbons (Fsp3) is 0.200. The van der Waals surface area contributed by atoms with Crippen LogP contribution in [0.2, 0.25) is 0 Å². The summed E-state index contributed by atoms with van der Waals surface area (Å²) >= 11 is 0. The van der Waals surface area contributed by atoms with E-state index in [1.54, 1.807) is 18.2 Å². The fourth-order valence-corrected chi connectivity index (χ4v) is 3.87. The Morgan fingerprint density at radius 1 is 0.931 bits per heavy atom. The highest BCUT2D eigenvalue weighted by molar-refractivity contribution is 6.09. The van der Waals surface area contributed by atoms with Crippen molar-refractivity contribution in [1.29, 1.82) is 0 Å². The van der Waals surface area contributed by atoms with Crippen LogP contribution in [0.3, 0.4) is 0 Å². The molecule has 2 amide bonds. The molecule has 0 spiro atoms. The van der Waals surface area contributed by atoms with Gasteiger partial charge in [-0.1, -0.05) is 60.2 Å². The molecule has 3 aromatic rings. The number of rotatable bonds is 4. The summed E-state index contributed by atoms with van der Waals surface area (Å²) in [6, 6.07) is 25.0. The highest BCUT2D eigenvalue weighted by Gasteiger charge is 2.29. The quantitative estimate of drug-likeness (QED) is 0.697. The summed E-state index contributed by atoms with van der Waals surface area (Å²) in [7, 11) is 0. The molecule has 4 nitrogen and oxygen atoms in total. The number of carbonyl (C=O) groups is 2. The van der Waals surface area contributed by atoms with Crippen LogP contribution in [0, 0.1) is 6.92 Å². The highest BCUT2D eigenvalue weighted by Crippen LogP contribution is 2.29. The largest absolute Gasteiger partial charge is 0.338 e. The number of likely N-dealkylation sites (tertiary alicyclic amines) is 1. The van der Waals surface area contributed by atoms with Crippen LogP contribution in [0.15, 0.2) is 78.9 Å². The zero-order valence-electron chi connectivity index (χ0n) is 16.5. The summed E-state index contributed by atoms with van der Waals surface area (Å²) in [5, 5.41) is 2.91. The van der Waals surface area contributed by atoms with Crippen molar-refractivity contribution in [3.05, 3.63) is 101 Å². The SMILES string of the molecule is Cc1cccc(C(=O)Nc2ccccc2C(=O)N2CCC(c3ccccc3)C2)c1. The number of benzene rings is 3. The van der Waals surface area contributed by atoms with Gasteiger partial charge in [-0.05, 0) is 43.2 Å². The van der Waals surface area contributed by atoms with Gasteiger partial charge in [0.05, 0.1) is 11.3 Å². The average Bonchev–Trinajstić information content (AvgIpc) is 3.25. The number of para-hydroxylation sites is 1. The van der Waals surface area contributed by atoms with E-state index in [9.17, 15) is 9.59 Å². The van der Waals surface area contributed by atoms with Gasteiger partial charge in [0, 0.05) is 24.6 Å². The second kappa shape index (κ2) is 8.31. The molecule has 0 radical (unpaired) electrons. The molecule has 3 aromatic carbocycles. The van der Waals surface area contributed by atoms with E-state index in [-0.39, 0.29) is 11.8 Å². The molecule has 1 unspecified atom stereocenters. The Labute approximate surface area is 171 Å². The molecule has 146 valence electrons. The van der Waals surface area contributed by atoms with Gasteiger partial charge >= 0.3 is 0 Å². The lowest BCUT2D eigenvalue weighted by Gasteiger charge is -2.19. The number of nitrogens with zero attached hydrogens (tertiary/aromatic N) is 1. The molecule has 4 heteroatoms. The van der Waals surface area contributed by atoms with E-state index in [2.05, 4.69) is 17.4 Å². The minimum absolute atomic E-state index is 0.0384. The molecule has 1 aliphatic heterocycles. The summed E-state index contributed by atoms with van der Waals surface area (Å²) < 4.78 is 0. The van der Waals surface area contributed by atoms with E-state index in [4.69, 9.17) is 0 Å². The third-order valence-corrected chi connectivity index (χ3v) is 5.43. The standard InChI is InChI=1S/C25H24N2O2/c1-18-8-7-11-20(16-18)24(28)26-23-13-6-5-12-22(23)25(29)27-15-14-21(17-27)19-9-3-2-4-10-19/h2-13,16,21H,14-15,17H2,1H3,(H,26,28). The second-order valence-electron chi connectivity index (χ2n) is 7.52. The third kappa shape index (κ3) is 4.21. The topological polar surface area (TPSA) is 49.4 Å². The number of hydrogen-bond donors (Lipinski definition) is 1. The maximum Gasteiger partial charge on any atom is 0.255 e. The van der Waals surface area contributed by atoms with Crippen molar-refractivity contribution in [3.63, 3.8) is 0 Å². The van der Waals surface area contributed by atoms with Crippen molar-refractivity contribution in [2.45, 2.75) is 19.3 Å². The predicted molar refractivity (Wildman–Crippen MR) is 115 cm³/mol. The third-order valence-electron chi connectivity index (χ3n) is 5.43. The fourth-order valence-electron chi connectivity index (χ4n) is 3.87. The van der Waals surface area contributed by atoms with E-state index >= 15 is 0 Å². The van der Waals surface area contributed by atoms with Crippen LogP contribution in [-0.2, 0) is 0 Å². The second-order valence-corrected chi connectivity index (χ2v) is 7.52. The number of amides is 2. The Balaban J connectivity index is 1.51.